The maximum Gasteiger partial charge on any atom is 0.449 e. The maximum absolute atomic E-state index is 12.4. The third-order valence-electron chi connectivity index (χ3n) is 2.35. The lowest BCUT2D eigenvalue weighted by Crippen LogP contribution is -2.21. The predicted octanol–water partition coefficient (Wildman–Crippen LogP) is 1.46. The summed E-state index contributed by atoms with van der Waals surface area (Å²) in [7, 11) is 0. The molecule has 0 aliphatic rings. The SMILES string of the molecule is CCc1cc(=O)oc2nc(C(F)(F)F)[nH]c(=O)c12. The zero-order valence-corrected chi connectivity index (χ0v) is 9.09. The fourth-order valence-electron chi connectivity index (χ4n) is 1.56. The molecule has 5 nitrogen and oxygen atoms in total. The zero-order chi connectivity index (χ0) is 13.5. The smallest absolute Gasteiger partial charge is 0.403 e. The summed E-state index contributed by atoms with van der Waals surface area (Å²) in [5.41, 5.74) is -2.13. The summed E-state index contributed by atoms with van der Waals surface area (Å²) in [5.74, 6) is -1.49. The molecule has 0 spiro atoms. The summed E-state index contributed by atoms with van der Waals surface area (Å²) >= 11 is 0. The molecule has 0 radical (unpaired) electrons. The van der Waals surface area contributed by atoms with Crippen molar-refractivity contribution in [1.82, 2.24) is 9.97 Å². The molecule has 0 unspecified atom stereocenters. The van der Waals surface area contributed by atoms with E-state index in [1.807, 2.05) is 0 Å². The second-order valence-electron chi connectivity index (χ2n) is 3.54. The standard InChI is InChI=1S/C10H7F3N2O3/c1-2-4-3-5(16)18-8-6(4)7(17)14-9(15-8)10(11,12)13/h3H,2H2,1H3,(H,14,15,17). The summed E-state index contributed by atoms with van der Waals surface area (Å²) in [5, 5.41) is -0.134. The number of hydrogen-bond acceptors (Lipinski definition) is 4. The molecule has 0 fully saturated rings. The highest BCUT2D eigenvalue weighted by Gasteiger charge is 2.35. The van der Waals surface area contributed by atoms with E-state index >= 15 is 0 Å². The molecule has 8 heteroatoms. The topological polar surface area (TPSA) is 76.0 Å². The minimum atomic E-state index is -4.81. The van der Waals surface area contributed by atoms with Gasteiger partial charge in [-0.3, -0.25) is 4.79 Å². The highest BCUT2D eigenvalue weighted by molar-refractivity contribution is 5.75. The first-order chi connectivity index (χ1) is 8.32. The predicted molar refractivity (Wildman–Crippen MR) is 55.3 cm³/mol. The Labute approximate surface area is 97.3 Å². The molecule has 0 aliphatic carbocycles. The van der Waals surface area contributed by atoms with E-state index in [1.165, 1.54) is 0 Å². The van der Waals surface area contributed by atoms with Gasteiger partial charge in [-0.1, -0.05) is 6.92 Å². The van der Waals surface area contributed by atoms with Crippen LogP contribution in [0.15, 0.2) is 20.1 Å². The number of hydrogen-bond donors (Lipinski definition) is 1. The number of fused-ring (bicyclic) bond motifs is 1. The van der Waals surface area contributed by atoms with Gasteiger partial charge in [-0.25, -0.2) is 4.79 Å². The van der Waals surface area contributed by atoms with Crippen molar-refractivity contribution in [2.24, 2.45) is 0 Å². The molecule has 18 heavy (non-hydrogen) atoms. The third kappa shape index (κ3) is 2.01. The molecule has 96 valence electrons. The van der Waals surface area contributed by atoms with Crippen molar-refractivity contribution >= 4 is 11.1 Å². The molecule has 2 aromatic rings. The Bertz CT molecular complexity index is 715. The van der Waals surface area contributed by atoms with Crippen LogP contribution in [0.3, 0.4) is 0 Å². The number of aryl methyl sites for hydroxylation is 1. The van der Waals surface area contributed by atoms with Gasteiger partial charge in [-0.15, -0.1) is 0 Å². The molecule has 2 aromatic heterocycles. The van der Waals surface area contributed by atoms with E-state index in [0.717, 1.165) is 6.07 Å². The minimum absolute atomic E-state index is 0.134. The van der Waals surface area contributed by atoms with Crippen LogP contribution < -0.4 is 11.2 Å². The summed E-state index contributed by atoms with van der Waals surface area (Å²) in [4.78, 5) is 27.5. The highest BCUT2D eigenvalue weighted by atomic mass is 19.4. The van der Waals surface area contributed by atoms with Gasteiger partial charge in [0.2, 0.25) is 11.5 Å². The monoisotopic (exact) mass is 260 g/mol. The van der Waals surface area contributed by atoms with Crippen LogP contribution in [0.1, 0.15) is 18.3 Å². The van der Waals surface area contributed by atoms with Gasteiger partial charge in [0, 0.05) is 6.07 Å². The zero-order valence-electron chi connectivity index (χ0n) is 9.09. The summed E-state index contributed by atoms with van der Waals surface area (Å²) in [6.45, 7) is 1.66. The van der Waals surface area contributed by atoms with Crippen LogP contribution in [0.5, 0.6) is 0 Å². The van der Waals surface area contributed by atoms with Crippen LogP contribution in [0.4, 0.5) is 13.2 Å². The Hall–Kier alpha value is -2.12. The molecule has 0 aliphatic heterocycles. The summed E-state index contributed by atoms with van der Waals surface area (Å²) in [6, 6.07) is 1.06. The number of H-pyrrole nitrogens is 1. The summed E-state index contributed by atoms with van der Waals surface area (Å²) in [6.07, 6.45) is -4.51. The van der Waals surface area contributed by atoms with Crippen LogP contribution >= 0.6 is 0 Å². The Morgan fingerprint density at radius 3 is 2.61 bits per heavy atom. The molecule has 0 saturated carbocycles. The van der Waals surface area contributed by atoms with E-state index in [4.69, 9.17) is 0 Å². The van der Waals surface area contributed by atoms with Crippen molar-refractivity contribution in [2.75, 3.05) is 0 Å². The van der Waals surface area contributed by atoms with Gasteiger partial charge in [0.25, 0.3) is 5.56 Å². The van der Waals surface area contributed by atoms with Crippen LogP contribution in [-0.2, 0) is 12.6 Å². The van der Waals surface area contributed by atoms with E-state index in [2.05, 4.69) is 9.40 Å². The second-order valence-corrected chi connectivity index (χ2v) is 3.54. The van der Waals surface area contributed by atoms with Gasteiger partial charge in [0.1, 0.15) is 5.39 Å². The van der Waals surface area contributed by atoms with Crippen molar-refractivity contribution < 1.29 is 17.6 Å². The van der Waals surface area contributed by atoms with Gasteiger partial charge in [-0.05, 0) is 12.0 Å². The first-order valence-corrected chi connectivity index (χ1v) is 4.97. The molecule has 0 amide bonds. The number of halogens is 3. The van der Waals surface area contributed by atoms with Gasteiger partial charge in [0.05, 0.1) is 0 Å². The van der Waals surface area contributed by atoms with Gasteiger partial charge in [-0.2, -0.15) is 18.2 Å². The van der Waals surface area contributed by atoms with Crippen LogP contribution in [0.2, 0.25) is 0 Å². The molecule has 0 saturated heterocycles. The van der Waals surface area contributed by atoms with E-state index in [1.54, 1.807) is 11.9 Å². The Morgan fingerprint density at radius 2 is 2.06 bits per heavy atom. The molecule has 0 atom stereocenters. The number of rotatable bonds is 1. The van der Waals surface area contributed by atoms with Crippen molar-refractivity contribution in [1.29, 1.82) is 0 Å². The maximum atomic E-state index is 12.4. The van der Waals surface area contributed by atoms with Crippen LogP contribution in [-0.4, -0.2) is 9.97 Å². The number of aromatic nitrogens is 2. The molecule has 2 heterocycles. The van der Waals surface area contributed by atoms with Crippen molar-refractivity contribution in [3.8, 4) is 0 Å². The Kier molecular flexibility index (Phi) is 2.72. The first kappa shape index (κ1) is 12.3. The quantitative estimate of drug-likeness (QED) is 0.842. The lowest BCUT2D eigenvalue weighted by atomic mass is 10.1. The van der Waals surface area contributed by atoms with Crippen LogP contribution in [0.25, 0.3) is 11.1 Å². The molecule has 0 aromatic carbocycles. The van der Waals surface area contributed by atoms with Crippen molar-refractivity contribution in [2.45, 2.75) is 19.5 Å². The molecule has 0 bridgehead atoms. The third-order valence-corrected chi connectivity index (χ3v) is 2.35. The van der Waals surface area contributed by atoms with Gasteiger partial charge in [0.15, 0.2) is 0 Å². The fraction of sp³-hybridized carbons (Fsp3) is 0.300. The lowest BCUT2D eigenvalue weighted by Gasteiger charge is -2.06. The number of nitrogens with one attached hydrogen (secondary N) is 1. The van der Waals surface area contributed by atoms with Gasteiger partial charge < -0.3 is 9.40 Å². The molecular weight excluding hydrogens is 253 g/mol. The van der Waals surface area contributed by atoms with Crippen LogP contribution in [0, 0.1) is 0 Å². The van der Waals surface area contributed by atoms with Crippen molar-refractivity contribution in [3.63, 3.8) is 0 Å². The van der Waals surface area contributed by atoms with E-state index in [-0.39, 0.29) is 5.39 Å². The molecule has 2 rings (SSSR count). The van der Waals surface area contributed by atoms with Crippen molar-refractivity contribution in [3.05, 3.63) is 38.2 Å². The highest BCUT2D eigenvalue weighted by Crippen LogP contribution is 2.26. The molecular formula is C10H7F3N2O3. The Morgan fingerprint density at radius 1 is 1.39 bits per heavy atom. The number of nitrogens with zero attached hydrogens (tertiary/aromatic N) is 1. The average Bonchev–Trinajstić information content (AvgIpc) is 2.25. The largest absolute Gasteiger partial charge is 0.449 e. The minimum Gasteiger partial charge on any atom is -0.403 e. The average molecular weight is 260 g/mol. The first-order valence-electron chi connectivity index (χ1n) is 4.97. The van der Waals surface area contributed by atoms with E-state index in [0.29, 0.717) is 12.0 Å². The summed E-state index contributed by atoms with van der Waals surface area (Å²) < 4.78 is 41.8. The van der Waals surface area contributed by atoms with Gasteiger partial charge >= 0.3 is 11.8 Å². The fourth-order valence-corrected chi connectivity index (χ4v) is 1.56. The van der Waals surface area contributed by atoms with E-state index in [9.17, 15) is 22.8 Å². The number of aromatic amines is 1. The lowest BCUT2D eigenvalue weighted by molar-refractivity contribution is -0.145. The second kappa shape index (κ2) is 3.97. The normalized spacial score (nSPS) is 12.0. The van der Waals surface area contributed by atoms with E-state index < -0.39 is 28.9 Å². The number of alkyl halides is 3. The molecule has 1 N–H and O–H groups in total. The Balaban J connectivity index is 2.91.